The minimum Gasteiger partial charge on any atom is -0.406 e. The number of alkyl halides is 3. The number of carbonyl (C=O) groups excluding carboxylic acids is 1. The van der Waals surface area contributed by atoms with E-state index in [1.807, 2.05) is 6.07 Å². The molecule has 8 nitrogen and oxygen atoms in total. The van der Waals surface area contributed by atoms with Crippen molar-refractivity contribution < 1.29 is 27.4 Å². The summed E-state index contributed by atoms with van der Waals surface area (Å²) < 4.78 is 47.7. The summed E-state index contributed by atoms with van der Waals surface area (Å²) in [6, 6.07) is 10.9. The molecule has 4 rings (SSSR count). The summed E-state index contributed by atoms with van der Waals surface area (Å²) in [6.45, 7) is 2.35. The molecule has 0 fully saturated rings. The molecular formula is C22H18F3N5O3S. The molecule has 4 aromatic rings. The molecule has 3 aromatic heterocycles. The van der Waals surface area contributed by atoms with Crippen molar-refractivity contribution in [3.63, 3.8) is 0 Å². The predicted molar refractivity (Wildman–Crippen MR) is 117 cm³/mol. The predicted octanol–water partition coefficient (Wildman–Crippen LogP) is 4.95. The highest BCUT2D eigenvalue weighted by Crippen LogP contribution is 2.33. The Hall–Kier alpha value is -3.93. The number of aryl methyl sites for hydroxylation is 1. The molecule has 0 aliphatic heterocycles. The molecule has 0 bridgehead atoms. The van der Waals surface area contributed by atoms with Gasteiger partial charge in [0.25, 0.3) is 0 Å². The van der Waals surface area contributed by atoms with Crippen molar-refractivity contribution >= 4 is 17.4 Å². The third-order valence-electron chi connectivity index (χ3n) is 4.46. The lowest BCUT2D eigenvalue weighted by atomic mass is 10.2. The van der Waals surface area contributed by atoms with Crippen molar-refractivity contribution in [1.29, 1.82) is 0 Å². The van der Waals surface area contributed by atoms with Crippen molar-refractivity contribution in [2.24, 2.45) is 0 Å². The number of thiazole rings is 1. The summed E-state index contributed by atoms with van der Waals surface area (Å²) in [5.41, 5.74) is 2.71. The van der Waals surface area contributed by atoms with Gasteiger partial charge in [-0.3, -0.25) is 9.67 Å². The van der Waals surface area contributed by atoms with E-state index in [0.717, 1.165) is 11.1 Å². The number of rotatable bonds is 7. The van der Waals surface area contributed by atoms with Crippen LogP contribution in [0.25, 0.3) is 10.7 Å². The molecule has 1 amide bonds. The molecule has 0 radical (unpaired) electrons. The second-order valence-electron chi connectivity index (χ2n) is 7.09. The lowest BCUT2D eigenvalue weighted by Crippen LogP contribution is -2.26. The summed E-state index contributed by atoms with van der Waals surface area (Å²) in [7, 11) is 0. The van der Waals surface area contributed by atoms with Gasteiger partial charge in [-0.2, -0.15) is 5.10 Å². The molecule has 0 aliphatic rings. The van der Waals surface area contributed by atoms with Crippen LogP contribution in [0.3, 0.4) is 0 Å². The van der Waals surface area contributed by atoms with Crippen molar-refractivity contribution in [3.05, 3.63) is 77.9 Å². The summed E-state index contributed by atoms with van der Waals surface area (Å²) >= 11 is 1.18. The Morgan fingerprint density at radius 3 is 2.65 bits per heavy atom. The van der Waals surface area contributed by atoms with Crippen LogP contribution in [0, 0.1) is 6.92 Å². The molecule has 0 atom stereocenters. The maximum absolute atomic E-state index is 12.3. The van der Waals surface area contributed by atoms with Gasteiger partial charge in [-0.15, -0.1) is 13.2 Å². The van der Waals surface area contributed by atoms with Gasteiger partial charge in [-0.1, -0.05) is 29.5 Å². The number of pyridine rings is 1. The molecule has 0 unspecified atom stereocenters. The van der Waals surface area contributed by atoms with Gasteiger partial charge in [0, 0.05) is 25.1 Å². The molecule has 1 aromatic carbocycles. The van der Waals surface area contributed by atoms with Crippen LogP contribution in [-0.4, -0.2) is 32.2 Å². The zero-order valence-corrected chi connectivity index (χ0v) is 18.6. The number of nitrogens with one attached hydrogen (secondary N) is 1. The van der Waals surface area contributed by atoms with E-state index in [-0.39, 0.29) is 12.3 Å². The molecule has 3 heterocycles. The highest BCUT2D eigenvalue weighted by Gasteiger charge is 2.30. The highest BCUT2D eigenvalue weighted by atomic mass is 32.1. The third-order valence-corrected chi connectivity index (χ3v) is 5.52. The van der Waals surface area contributed by atoms with Gasteiger partial charge in [0.1, 0.15) is 16.5 Å². The Balaban J connectivity index is 1.36. The monoisotopic (exact) mass is 489 g/mol. The van der Waals surface area contributed by atoms with E-state index in [4.69, 9.17) is 4.74 Å². The van der Waals surface area contributed by atoms with E-state index in [9.17, 15) is 18.0 Å². The Morgan fingerprint density at radius 1 is 1.15 bits per heavy atom. The molecule has 0 spiro atoms. The maximum Gasteiger partial charge on any atom is 0.573 e. The summed E-state index contributed by atoms with van der Waals surface area (Å²) in [6.07, 6.45) is -0.308. The number of nitrogens with zero attached hydrogens (tertiary/aromatic N) is 4. The average Bonchev–Trinajstić information content (AvgIpc) is 3.40. The van der Waals surface area contributed by atoms with Crippen LogP contribution >= 0.6 is 11.3 Å². The molecule has 0 aliphatic carbocycles. The Labute approximate surface area is 196 Å². The molecule has 12 heteroatoms. The van der Waals surface area contributed by atoms with Crippen LogP contribution in [0.2, 0.25) is 0 Å². The average molecular weight is 489 g/mol. The third kappa shape index (κ3) is 6.32. The van der Waals surface area contributed by atoms with Crippen molar-refractivity contribution in [1.82, 2.24) is 25.1 Å². The van der Waals surface area contributed by atoms with E-state index in [1.165, 1.54) is 35.6 Å². The Morgan fingerprint density at radius 2 is 1.94 bits per heavy atom. The van der Waals surface area contributed by atoms with Crippen LogP contribution in [-0.2, 0) is 13.1 Å². The Kier molecular flexibility index (Phi) is 6.77. The summed E-state index contributed by atoms with van der Waals surface area (Å²) in [4.78, 5) is 20.5. The quantitative estimate of drug-likeness (QED) is 0.395. The highest BCUT2D eigenvalue weighted by molar-refractivity contribution is 7.17. The van der Waals surface area contributed by atoms with E-state index in [1.54, 1.807) is 42.3 Å². The molecule has 1 N–H and O–H groups in total. The first kappa shape index (κ1) is 23.2. The van der Waals surface area contributed by atoms with Gasteiger partial charge in [0.05, 0.1) is 12.2 Å². The number of hydrogen-bond acceptors (Lipinski definition) is 7. The first-order valence-corrected chi connectivity index (χ1v) is 10.8. The van der Waals surface area contributed by atoms with Crippen LogP contribution in [0.4, 0.5) is 18.0 Å². The van der Waals surface area contributed by atoms with Crippen LogP contribution in [0.1, 0.15) is 16.8 Å². The van der Waals surface area contributed by atoms with Gasteiger partial charge in [-0.25, -0.2) is 9.78 Å². The number of benzene rings is 1. The lowest BCUT2D eigenvalue weighted by Gasteiger charge is -2.09. The number of carbonyl (C=O) groups is 1. The lowest BCUT2D eigenvalue weighted by molar-refractivity contribution is -0.274. The SMILES string of the molecule is Cc1nc(-c2ccn(Cc3ccc(OC(F)(F)F)cc3)n2)sc1OC(=O)NCc1cccnc1. The molecule has 0 saturated carbocycles. The first-order chi connectivity index (χ1) is 16.2. The number of aromatic nitrogens is 4. The van der Waals surface area contributed by atoms with Gasteiger partial charge >= 0.3 is 12.5 Å². The van der Waals surface area contributed by atoms with E-state index < -0.39 is 12.5 Å². The second kappa shape index (κ2) is 9.91. The number of halogens is 3. The van der Waals surface area contributed by atoms with Gasteiger partial charge in [-0.05, 0) is 42.3 Å². The summed E-state index contributed by atoms with van der Waals surface area (Å²) in [5.74, 6) is -0.285. The van der Waals surface area contributed by atoms with E-state index >= 15 is 0 Å². The van der Waals surface area contributed by atoms with E-state index in [0.29, 0.717) is 28.0 Å². The van der Waals surface area contributed by atoms with Gasteiger partial charge < -0.3 is 14.8 Å². The smallest absolute Gasteiger partial charge is 0.406 e. The zero-order chi connectivity index (χ0) is 24.1. The second-order valence-corrected chi connectivity index (χ2v) is 8.05. The number of ether oxygens (including phenoxy) is 2. The normalized spacial score (nSPS) is 11.3. The number of amides is 1. The zero-order valence-electron chi connectivity index (χ0n) is 17.7. The van der Waals surface area contributed by atoms with Crippen molar-refractivity contribution in [2.45, 2.75) is 26.4 Å². The molecular weight excluding hydrogens is 471 g/mol. The minimum atomic E-state index is -4.73. The molecule has 34 heavy (non-hydrogen) atoms. The van der Waals surface area contributed by atoms with Gasteiger partial charge in [0.15, 0.2) is 0 Å². The van der Waals surface area contributed by atoms with Crippen molar-refractivity contribution in [3.8, 4) is 21.5 Å². The maximum atomic E-state index is 12.3. The topological polar surface area (TPSA) is 91.2 Å². The van der Waals surface area contributed by atoms with Crippen LogP contribution in [0.5, 0.6) is 10.8 Å². The fourth-order valence-electron chi connectivity index (χ4n) is 2.93. The molecule has 0 saturated heterocycles. The fraction of sp³-hybridized carbons (Fsp3) is 0.182. The van der Waals surface area contributed by atoms with E-state index in [2.05, 4.69) is 25.1 Å². The molecule has 176 valence electrons. The van der Waals surface area contributed by atoms with Crippen LogP contribution in [0.15, 0.2) is 61.1 Å². The van der Waals surface area contributed by atoms with Gasteiger partial charge in [0.2, 0.25) is 5.06 Å². The number of hydrogen-bond donors (Lipinski definition) is 1. The fourth-order valence-corrected chi connectivity index (χ4v) is 3.81. The Bertz CT molecular complexity index is 1260. The summed E-state index contributed by atoms with van der Waals surface area (Å²) in [5, 5.41) is 8.04. The van der Waals surface area contributed by atoms with Crippen LogP contribution < -0.4 is 14.8 Å². The van der Waals surface area contributed by atoms with Crippen molar-refractivity contribution in [2.75, 3.05) is 0 Å². The largest absolute Gasteiger partial charge is 0.573 e. The minimum absolute atomic E-state index is 0.283. The standard InChI is InChI=1S/C22H18F3N5O3S/c1-14-20(32-21(31)27-12-16-3-2-9-26-11-16)34-19(28-14)18-8-10-30(29-18)13-15-4-6-17(7-5-15)33-22(23,24)25/h2-11H,12-13H2,1H3,(H,27,31). The first-order valence-electron chi connectivity index (χ1n) is 9.96.